The first kappa shape index (κ1) is 7.98. The van der Waals surface area contributed by atoms with Crippen molar-refractivity contribution in [2.75, 3.05) is 0 Å². The highest BCUT2D eigenvalue weighted by molar-refractivity contribution is 6.18. The molecule has 1 heterocycles. The Morgan fingerprint density at radius 2 is 2.45 bits per heavy atom. The van der Waals surface area contributed by atoms with Crippen LogP contribution >= 0.6 is 0 Å². The molecule has 11 heavy (non-hydrogen) atoms. The minimum Gasteiger partial charge on any atom is -0.478 e. The number of carboxylic acid groups (broad SMARTS) is 1. The summed E-state index contributed by atoms with van der Waals surface area (Å²) >= 11 is 0. The van der Waals surface area contributed by atoms with E-state index in [9.17, 15) is 4.79 Å². The molecule has 1 aliphatic heterocycles. The van der Waals surface area contributed by atoms with E-state index in [2.05, 4.69) is 4.99 Å². The minimum atomic E-state index is -0.877. The third-order valence-corrected chi connectivity index (χ3v) is 1.70. The van der Waals surface area contributed by atoms with Crippen LogP contribution in [0.1, 0.15) is 20.3 Å². The molecule has 0 radical (unpaired) electrons. The Labute approximate surface area is 65.4 Å². The molecule has 1 unspecified atom stereocenters. The fourth-order valence-corrected chi connectivity index (χ4v) is 1.13. The zero-order valence-corrected chi connectivity index (χ0v) is 6.66. The Balaban J connectivity index is 2.86. The van der Waals surface area contributed by atoms with Gasteiger partial charge in [-0.2, -0.15) is 0 Å². The van der Waals surface area contributed by atoms with E-state index in [-0.39, 0.29) is 6.04 Å². The number of dihydropyridines is 1. The van der Waals surface area contributed by atoms with Gasteiger partial charge in [0.2, 0.25) is 0 Å². The number of hydrogen-bond donors (Lipinski definition) is 1. The van der Waals surface area contributed by atoms with Gasteiger partial charge < -0.3 is 5.11 Å². The van der Waals surface area contributed by atoms with E-state index in [1.807, 2.05) is 6.92 Å². The van der Waals surface area contributed by atoms with Gasteiger partial charge in [-0.15, -0.1) is 0 Å². The molecule has 0 spiro atoms. The molecule has 1 atom stereocenters. The van der Waals surface area contributed by atoms with E-state index in [1.54, 1.807) is 13.0 Å². The van der Waals surface area contributed by atoms with Crippen LogP contribution in [-0.4, -0.2) is 22.8 Å². The maximum Gasteiger partial charge on any atom is 0.337 e. The van der Waals surface area contributed by atoms with Crippen LogP contribution < -0.4 is 0 Å². The Bertz CT molecular complexity index is 240. The van der Waals surface area contributed by atoms with Gasteiger partial charge in [-0.25, -0.2) is 4.79 Å². The molecule has 0 aromatic rings. The summed E-state index contributed by atoms with van der Waals surface area (Å²) in [5.74, 6) is -0.877. The molecule has 0 aliphatic carbocycles. The molecule has 0 aromatic carbocycles. The standard InChI is InChI=1S/C8H11NO2/c1-5-3-4-7(8(10)11)6(2)9-5/h4-5H,3H2,1-2H3,(H,10,11). The minimum absolute atomic E-state index is 0.234. The number of aliphatic imine (C=N–C) groups is 1. The third-order valence-electron chi connectivity index (χ3n) is 1.70. The highest BCUT2D eigenvalue weighted by Crippen LogP contribution is 2.12. The van der Waals surface area contributed by atoms with Gasteiger partial charge in [0.05, 0.1) is 11.6 Å². The van der Waals surface area contributed by atoms with E-state index in [1.165, 1.54) is 0 Å². The molecule has 1 aliphatic rings. The van der Waals surface area contributed by atoms with Crippen molar-refractivity contribution in [2.24, 2.45) is 4.99 Å². The lowest BCUT2D eigenvalue weighted by molar-refractivity contribution is -0.132. The van der Waals surface area contributed by atoms with Crippen LogP contribution in [0, 0.1) is 0 Å². The predicted octanol–water partition coefficient (Wildman–Crippen LogP) is 1.25. The highest BCUT2D eigenvalue weighted by Gasteiger charge is 2.15. The van der Waals surface area contributed by atoms with Crippen molar-refractivity contribution in [1.29, 1.82) is 0 Å². The van der Waals surface area contributed by atoms with Crippen LogP contribution in [0.3, 0.4) is 0 Å². The predicted molar refractivity (Wildman–Crippen MR) is 42.9 cm³/mol. The summed E-state index contributed by atoms with van der Waals surface area (Å²) < 4.78 is 0. The average molecular weight is 153 g/mol. The number of nitrogens with zero attached hydrogens (tertiary/aromatic N) is 1. The number of aliphatic carboxylic acids is 1. The van der Waals surface area contributed by atoms with E-state index in [4.69, 9.17) is 5.11 Å². The normalized spacial score (nSPS) is 24.0. The molecule has 0 saturated heterocycles. The summed E-state index contributed by atoms with van der Waals surface area (Å²) in [5.41, 5.74) is 0.986. The lowest BCUT2D eigenvalue weighted by Gasteiger charge is -2.12. The monoisotopic (exact) mass is 153 g/mol. The molecule has 60 valence electrons. The van der Waals surface area contributed by atoms with Crippen LogP contribution in [0.15, 0.2) is 16.6 Å². The second-order valence-corrected chi connectivity index (χ2v) is 2.72. The molecule has 3 heteroatoms. The SMILES string of the molecule is CC1=NC(C)CC=C1C(=O)O. The van der Waals surface area contributed by atoms with Crippen LogP contribution in [0.4, 0.5) is 0 Å². The number of carboxylic acids is 1. The van der Waals surface area contributed by atoms with Gasteiger partial charge in [0.15, 0.2) is 0 Å². The highest BCUT2D eigenvalue weighted by atomic mass is 16.4. The van der Waals surface area contributed by atoms with Gasteiger partial charge in [-0.1, -0.05) is 6.08 Å². The summed E-state index contributed by atoms with van der Waals surface area (Å²) in [4.78, 5) is 14.7. The van der Waals surface area contributed by atoms with Crippen molar-refractivity contribution in [3.8, 4) is 0 Å². The van der Waals surface area contributed by atoms with Crippen molar-refractivity contribution in [2.45, 2.75) is 26.3 Å². The van der Waals surface area contributed by atoms with Gasteiger partial charge in [-0.05, 0) is 20.3 Å². The van der Waals surface area contributed by atoms with Crippen molar-refractivity contribution in [1.82, 2.24) is 0 Å². The van der Waals surface area contributed by atoms with Crippen LogP contribution in [0.5, 0.6) is 0 Å². The smallest absolute Gasteiger partial charge is 0.337 e. The van der Waals surface area contributed by atoms with Crippen LogP contribution in [0.2, 0.25) is 0 Å². The maximum absolute atomic E-state index is 10.5. The largest absolute Gasteiger partial charge is 0.478 e. The zero-order chi connectivity index (χ0) is 8.43. The van der Waals surface area contributed by atoms with Gasteiger partial charge in [0, 0.05) is 5.71 Å². The van der Waals surface area contributed by atoms with E-state index >= 15 is 0 Å². The lowest BCUT2D eigenvalue weighted by Crippen LogP contribution is -2.16. The molecule has 0 fully saturated rings. The van der Waals surface area contributed by atoms with E-state index in [0.29, 0.717) is 11.3 Å². The quantitative estimate of drug-likeness (QED) is 0.616. The second kappa shape index (κ2) is 2.86. The summed E-state index contributed by atoms with van der Waals surface area (Å²) in [6.45, 7) is 3.70. The summed E-state index contributed by atoms with van der Waals surface area (Å²) in [7, 11) is 0. The Hall–Kier alpha value is -1.12. The topological polar surface area (TPSA) is 49.7 Å². The fraction of sp³-hybridized carbons (Fsp3) is 0.500. The van der Waals surface area contributed by atoms with Gasteiger partial charge >= 0.3 is 5.97 Å². The molecule has 3 nitrogen and oxygen atoms in total. The first-order valence-corrected chi connectivity index (χ1v) is 3.59. The third kappa shape index (κ3) is 1.67. The lowest BCUT2D eigenvalue weighted by atomic mass is 10.0. The Morgan fingerprint density at radius 3 is 2.91 bits per heavy atom. The molecule has 0 bridgehead atoms. The summed E-state index contributed by atoms with van der Waals surface area (Å²) in [6, 6.07) is 0.234. The first-order valence-electron chi connectivity index (χ1n) is 3.59. The number of rotatable bonds is 1. The number of carbonyl (C=O) groups is 1. The molecular formula is C8H11NO2. The van der Waals surface area contributed by atoms with E-state index in [0.717, 1.165) is 6.42 Å². The fourth-order valence-electron chi connectivity index (χ4n) is 1.13. The average Bonchev–Trinajstić information content (AvgIpc) is 1.85. The summed E-state index contributed by atoms with van der Waals surface area (Å²) in [5, 5.41) is 8.65. The van der Waals surface area contributed by atoms with Crippen molar-refractivity contribution >= 4 is 11.7 Å². The van der Waals surface area contributed by atoms with E-state index < -0.39 is 5.97 Å². The summed E-state index contributed by atoms with van der Waals surface area (Å²) in [6.07, 6.45) is 2.47. The van der Waals surface area contributed by atoms with Crippen molar-refractivity contribution in [3.05, 3.63) is 11.6 Å². The maximum atomic E-state index is 10.5. The molecule has 0 aromatic heterocycles. The van der Waals surface area contributed by atoms with Crippen LogP contribution in [-0.2, 0) is 4.79 Å². The molecule has 1 N–H and O–H groups in total. The first-order chi connectivity index (χ1) is 5.11. The molecule has 1 rings (SSSR count). The van der Waals surface area contributed by atoms with Gasteiger partial charge in [0.1, 0.15) is 0 Å². The van der Waals surface area contributed by atoms with Crippen molar-refractivity contribution < 1.29 is 9.90 Å². The molecule has 0 amide bonds. The molecule has 0 saturated carbocycles. The second-order valence-electron chi connectivity index (χ2n) is 2.72. The van der Waals surface area contributed by atoms with Crippen LogP contribution in [0.25, 0.3) is 0 Å². The van der Waals surface area contributed by atoms with Gasteiger partial charge in [-0.3, -0.25) is 4.99 Å². The molecular weight excluding hydrogens is 142 g/mol. The Morgan fingerprint density at radius 1 is 1.82 bits per heavy atom. The van der Waals surface area contributed by atoms with Gasteiger partial charge in [0.25, 0.3) is 0 Å². The Kier molecular flexibility index (Phi) is 2.08. The number of hydrogen-bond acceptors (Lipinski definition) is 2. The zero-order valence-electron chi connectivity index (χ0n) is 6.66. The van der Waals surface area contributed by atoms with Crippen molar-refractivity contribution in [3.63, 3.8) is 0 Å².